The molecule has 0 aliphatic heterocycles. The molecule has 0 saturated heterocycles. The topological polar surface area (TPSA) is 44.7 Å². The second-order valence-electron chi connectivity index (χ2n) is 6.25. The van der Waals surface area contributed by atoms with Crippen molar-refractivity contribution in [1.29, 1.82) is 0 Å². The molecule has 3 rings (SSSR count). The van der Waals surface area contributed by atoms with E-state index in [1.165, 1.54) is 11.1 Å². The predicted molar refractivity (Wildman–Crippen MR) is 109 cm³/mol. The Morgan fingerprint density at radius 3 is 1.88 bits per heavy atom. The van der Waals surface area contributed by atoms with Crippen LogP contribution in [-0.4, -0.2) is 18.1 Å². The van der Waals surface area contributed by atoms with Crippen molar-refractivity contribution in [2.24, 2.45) is 0 Å². The second kappa shape index (κ2) is 8.35. The quantitative estimate of drug-likeness (QED) is 0.507. The molecule has 0 spiro atoms. The summed E-state index contributed by atoms with van der Waals surface area (Å²) < 4.78 is -0.369. The lowest BCUT2D eigenvalue weighted by atomic mass is 9.83. The van der Waals surface area contributed by atoms with Crippen LogP contribution in [0.25, 0.3) is 0 Å². The molecular formula is C23H24NOS+. The monoisotopic (exact) mass is 362 g/mol. The van der Waals surface area contributed by atoms with Crippen molar-refractivity contribution in [2.75, 3.05) is 12.3 Å². The van der Waals surface area contributed by atoms with Crippen LogP contribution in [0.4, 0.5) is 0 Å². The smallest absolute Gasteiger partial charge is 0.159 e. The van der Waals surface area contributed by atoms with Crippen molar-refractivity contribution in [3.8, 4) is 0 Å². The van der Waals surface area contributed by atoms with Crippen LogP contribution in [0.15, 0.2) is 84.9 Å². The zero-order valence-corrected chi connectivity index (χ0v) is 15.8. The first-order valence-electron chi connectivity index (χ1n) is 8.84. The Kier molecular flexibility index (Phi) is 5.92. The molecular weight excluding hydrogens is 338 g/mol. The summed E-state index contributed by atoms with van der Waals surface area (Å²) in [4.78, 5) is 12.0. The van der Waals surface area contributed by atoms with Gasteiger partial charge in [0.25, 0.3) is 0 Å². The summed E-state index contributed by atoms with van der Waals surface area (Å²) in [5.41, 5.74) is 8.34. The van der Waals surface area contributed by atoms with Gasteiger partial charge in [-0.25, -0.2) is 0 Å². The number of ketones is 1. The molecule has 0 amide bonds. The molecule has 0 aliphatic carbocycles. The molecule has 0 fully saturated rings. The highest BCUT2D eigenvalue weighted by Gasteiger charge is 2.37. The number of carbonyl (C=O) groups is 1. The number of carbonyl (C=O) groups excluding carboxylic acids is 1. The molecule has 0 bridgehead atoms. The summed E-state index contributed by atoms with van der Waals surface area (Å²) >= 11 is 1.87. The Hall–Kier alpha value is -2.36. The van der Waals surface area contributed by atoms with E-state index in [1.807, 2.05) is 42.1 Å². The van der Waals surface area contributed by atoms with E-state index in [9.17, 15) is 4.79 Å². The van der Waals surface area contributed by atoms with E-state index >= 15 is 0 Å². The maximum Gasteiger partial charge on any atom is 0.159 e. The van der Waals surface area contributed by atoms with Crippen molar-refractivity contribution >= 4 is 17.5 Å². The maximum atomic E-state index is 12.0. The number of benzene rings is 3. The van der Waals surface area contributed by atoms with Gasteiger partial charge in [-0.15, -0.1) is 11.8 Å². The maximum absolute atomic E-state index is 12.0. The number of hydrogen-bond acceptors (Lipinski definition) is 2. The van der Waals surface area contributed by atoms with Crippen LogP contribution in [0.2, 0.25) is 0 Å². The van der Waals surface area contributed by atoms with Crippen LogP contribution >= 0.6 is 11.8 Å². The molecule has 0 atom stereocenters. The third-order valence-corrected chi connectivity index (χ3v) is 6.13. The molecule has 3 aromatic carbocycles. The van der Waals surface area contributed by atoms with E-state index in [1.54, 1.807) is 6.92 Å². The van der Waals surface area contributed by atoms with Gasteiger partial charge in [0, 0.05) is 11.3 Å². The second-order valence-corrected chi connectivity index (χ2v) is 7.56. The van der Waals surface area contributed by atoms with Gasteiger partial charge in [0.05, 0.1) is 11.3 Å². The fourth-order valence-electron chi connectivity index (χ4n) is 3.28. The van der Waals surface area contributed by atoms with E-state index in [0.717, 1.165) is 23.4 Å². The fourth-order valence-corrected chi connectivity index (χ4v) is 4.63. The largest absolute Gasteiger partial charge is 0.357 e. The summed E-state index contributed by atoms with van der Waals surface area (Å²) in [5, 5.41) is 0. The number of quaternary nitrogens is 1. The lowest BCUT2D eigenvalue weighted by molar-refractivity contribution is -0.360. The normalized spacial score (nSPS) is 11.3. The molecule has 3 heteroatoms. The average molecular weight is 363 g/mol. The van der Waals surface area contributed by atoms with Crippen molar-refractivity contribution in [1.82, 2.24) is 0 Å². The Bertz CT molecular complexity index is 822. The lowest BCUT2D eigenvalue weighted by Crippen LogP contribution is -2.51. The summed E-state index contributed by atoms with van der Waals surface area (Å²) in [6, 6.07) is 29.1. The van der Waals surface area contributed by atoms with Gasteiger partial charge in [-0.05, 0) is 29.7 Å². The van der Waals surface area contributed by atoms with Crippen LogP contribution in [-0.2, 0) is 4.75 Å². The highest BCUT2D eigenvalue weighted by molar-refractivity contribution is 8.00. The molecule has 0 saturated carbocycles. The van der Waals surface area contributed by atoms with Crippen molar-refractivity contribution < 1.29 is 10.5 Å². The van der Waals surface area contributed by atoms with Gasteiger partial charge in [-0.3, -0.25) is 4.79 Å². The summed E-state index contributed by atoms with van der Waals surface area (Å²) in [5.74, 6) is 1.01. The average Bonchev–Trinajstić information content (AvgIpc) is 2.70. The SMILES string of the molecule is CC(=O)c1cccc(C(SCC[NH3+])(c2ccccc2)c2ccccc2)c1. The lowest BCUT2D eigenvalue weighted by Gasteiger charge is -2.35. The van der Waals surface area contributed by atoms with Crippen LogP contribution in [0.3, 0.4) is 0 Å². The highest BCUT2D eigenvalue weighted by Crippen LogP contribution is 2.48. The molecule has 0 radical (unpaired) electrons. The minimum atomic E-state index is -0.369. The summed E-state index contributed by atoms with van der Waals surface area (Å²) in [7, 11) is 0. The van der Waals surface area contributed by atoms with Gasteiger partial charge in [0.2, 0.25) is 0 Å². The van der Waals surface area contributed by atoms with E-state index in [0.29, 0.717) is 0 Å². The molecule has 3 aromatic rings. The molecule has 132 valence electrons. The fraction of sp³-hybridized carbons (Fsp3) is 0.174. The summed E-state index contributed by atoms with van der Waals surface area (Å²) in [6.45, 7) is 2.47. The standard InChI is InChI=1S/C23H23NOS/c1-18(25)19-9-8-14-22(17-19)23(26-16-15-24,20-10-4-2-5-11-20)21-12-6-3-7-13-21/h2-14,17H,15-16,24H2,1H3/p+1. The Balaban J connectivity index is 2.30. The van der Waals surface area contributed by atoms with Crippen LogP contribution in [0.5, 0.6) is 0 Å². The zero-order valence-electron chi connectivity index (χ0n) is 15.0. The van der Waals surface area contributed by atoms with Gasteiger partial charge >= 0.3 is 0 Å². The van der Waals surface area contributed by atoms with Gasteiger partial charge in [0.1, 0.15) is 0 Å². The van der Waals surface area contributed by atoms with Gasteiger partial charge in [-0.1, -0.05) is 78.9 Å². The summed E-state index contributed by atoms with van der Waals surface area (Å²) in [6.07, 6.45) is 0. The molecule has 0 heterocycles. The molecule has 0 aromatic heterocycles. The zero-order chi connectivity index (χ0) is 18.4. The highest BCUT2D eigenvalue weighted by atomic mass is 32.2. The molecule has 0 aliphatic rings. The molecule has 26 heavy (non-hydrogen) atoms. The van der Waals surface area contributed by atoms with Crippen LogP contribution < -0.4 is 5.73 Å². The predicted octanol–water partition coefficient (Wildman–Crippen LogP) is 4.16. The molecule has 2 nitrogen and oxygen atoms in total. The van der Waals surface area contributed by atoms with Crippen molar-refractivity contribution in [3.63, 3.8) is 0 Å². The Morgan fingerprint density at radius 1 is 0.846 bits per heavy atom. The Morgan fingerprint density at radius 2 is 1.38 bits per heavy atom. The van der Waals surface area contributed by atoms with Gasteiger partial charge in [0.15, 0.2) is 5.78 Å². The third kappa shape index (κ3) is 3.59. The molecule has 3 N–H and O–H groups in total. The molecule has 0 unspecified atom stereocenters. The van der Waals surface area contributed by atoms with E-state index < -0.39 is 0 Å². The van der Waals surface area contributed by atoms with Crippen molar-refractivity contribution in [2.45, 2.75) is 11.7 Å². The van der Waals surface area contributed by atoms with E-state index in [2.05, 4.69) is 60.3 Å². The number of rotatable bonds is 7. The van der Waals surface area contributed by atoms with Gasteiger partial charge < -0.3 is 5.73 Å². The first kappa shape index (κ1) is 18.4. The van der Waals surface area contributed by atoms with Gasteiger partial charge in [-0.2, -0.15) is 0 Å². The number of hydrogen-bond donors (Lipinski definition) is 1. The first-order chi connectivity index (χ1) is 12.7. The number of thioether (sulfide) groups is 1. The minimum Gasteiger partial charge on any atom is -0.357 e. The minimum absolute atomic E-state index is 0.0871. The van der Waals surface area contributed by atoms with Crippen LogP contribution in [0.1, 0.15) is 34.0 Å². The van der Waals surface area contributed by atoms with E-state index in [-0.39, 0.29) is 10.5 Å². The Labute approximate surface area is 159 Å². The van der Waals surface area contributed by atoms with E-state index in [4.69, 9.17) is 0 Å². The van der Waals surface area contributed by atoms with Crippen molar-refractivity contribution in [3.05, 3.63) is 107 Å². The third-order valence-electron chi connectivity index (χ3n) is 4.50. The number of Topliss-reactive ketones (excluding diaryl/α,β-unsaturated/α-hetero) is 1. The van der Waals surface area contributed by atoms with Crippen LogP contribution in [0, 0.1) is 0 Å². The first-order valence-corrected chi connectivity index (χ1v) is 9.83.